The Hall–Kier alpha value is -3.79. The van der Waals surface area contributed by atoms with Crippen LogP contribution in [0.5, 0.6) is 0 Å². The Morgan fingerprint density at radius 2 is 0.582 bits per heavy atom. The van der Waals surface area contributed by atoms with Crippen molar-refractivity contribution in [3.8, 4) is 0 Å². The summed E-state index contributed by atoms with van der Waals surface area (Å²) in [5.41, 5.74) is 0. The second-order valence-corrected chi connectivity index (χ2v) is 26.2. The van der Waals surface area contributed by atoms with Gasteiger partial charge in [-0.15, -0.1) is 0 Å². The van der Waals surface area contributed by atoms with Gasteiger partial charge >= 0.3 is 33.6 Å². The minimum Gasteiger partial charge on any atom is -0.463 e. The van der Waals surface area contributed by atoms with E-state index in [-0.39, 0.29) is 19.3 Å². The number of hydrogen-bond acceptors (Lipinski definition) is 14. The zero-order valence-electron chi connectivity index (χ0n) is 56.7. The molecule has 0 aromatic heterocycles. The first-order chi connectivity index (χ1) is 44.2. The Labute approximate surface area is 551 Å². The van der Waals surface area contributed by atoms with Gasteiger partial charge in [-0.25, -0.2) is 9.13 Å². The van der Waals surface area contributed by atoms with Crippen LogP contribution in [0.1, 0.15) is 278 Å². The molecule has 0 aliphatic heterocycles. The molecule has 91 heavy (non-hydrogen) atoms. The van der Waals surface area contributed by atoms with Crippen molar-refractivity contribution in [1.82, 2.24) is 0 Å². The van der Waals surface area contributed by atoms with Crippen LogP contribution < -0.4 is 0 Å². The number of carbonyl (C=O) groups is 3. The van der Waals surface area contributed by atoms with Gasteiger partial charge in [-0.05, 0) is 128 Å². The lowest BCUT2D eigenvalue weighted by Crippen LogP contribution is -2.30. The zero-order valence-corrected chi connectivity index (χ0v) is 58.5. The number of rotatable bonds is 66. The Balaban J connectivity index is 4.58. The van der Waals surface area contributed by atoms with E-state index in [0.29, 0.717) is 19.3 Å². The number of hydrogen-bond donors (Lipinski definition) is 4. The van der Waals surface area contributed by atoms with Crippen molar-refractivity contribution >= 4 is 33.6 Å². The molecule has 18 heteroatoms. The average Bonchev–Trinajstić information content (AvgIpc) is 3.08. The van der Waals surface area contributed by atoms with E-state index in [1.54, 1.807) is 0 Å². The molecule has 0 heterocycles. The minimum atomic E-state index is -4.93. The molecule has 524 valence electrons. The SMILES string of the molecule is CC/C=C\C/C=C\C/C=C\C/C=C\C/C=C\CCCCCCCCCCCC(=O)OCC(O)COP(=O)(O)OCC(O)COP(=O)(O)OCC(COC(=O)CCCCCCC/C=C\C/C=C\CCCCC)OC(=O)CCCCCCC/C=C\C/C=C\CCCCC. The fraction of sp³-hybridized carbons (Fsp3) is 0.712. The highest BCUT2D eigenvalue weighted by Gasteiger charge is 2.29. The van der Waals surface area contributed by atoms with Gasteiger partial charge in [-0.2, -0.15) is 0 Å². The van der Waals surface area contributed by atoms with Crippen molar-refractivity contribution in [3.63, 3.8) is 0 Å². The number of esters is 3. The molecule has 0 saturated heterocycles. The zero-order chi connectivity index (χ0) is 66.7. The largest absolute Gasteiger partial charge is 0.472 e. The monoisotopic (exact) mass is 1320 g/mol. The molecule has 0 aromatic rings. The van der Waals surface area contributed by atoms with Gasteiger partial charge in [0, 0.05) is 19.3 Å². The van der Waals surface area contributed by atoms with Crippen molar-refractivity contribution in [3.05, 3.63) is 109 Å². The van der Waals surface area contributed by atoms with Gasteiger partial charge < -0.3 is 34.2 Å². The van der Waals surface area contributed by atoms with Crippen LogP contribution in [0.15, 0.2) is 109 Å². The van der Waals surface area contributed by atoms with E-state index in [9.17, 15) is 43.5 Å². The van der Waals surface area contributed by atoms with Crippen molar-refractivity contribution in [2.45, 2.75) is 296 Å². The molecule has 0 saturated carbocycles. The maximum Gasteiger partial charge on any atom is 0.472 e. The third-order valence-electron chi connectivity index (χ3n) is 14.5. The maximum atomic E-state index is 12.9. The first-order valence-corrected chi connectivity index (χ1v) is 38.2. The Morgan fingerprint density at radius 3 is 0.923 bits per heavy atom. The molecule has 0 bridgehead atoms. The number of aliphatic hydroxyl groups excluding tert-OH is 2. The molecule has 0 amide bonds. The second kappa shape index (κ2) is 66.2. The third kappa shape index (κ3) is 67.4. The van der Waals surface area contributed by atoms with E-state index >= 15 is 0 Å². The molecule has 0 aromatic carbocycles. The fourth-order valence-corrected chi connectivity index (χ4v) is 10.7. The topological polar surface area (TPSA) is 231 Å². The number of allylic oxidation sites excluding steroid dienone is 18. The smallest absolute Gasteiger partial charge is 0.463 e. The summed E-state index contributed by atoms with van der Waals surface area (Å²) in [6, 6.07) is 0. The fourth-order valence-electron chi connectivity index (χ4n) is 9.07. The summed E-state index contributed by atoms with van der Waals surface area (Å²) in [5.74, 6) is -1.61. The highest BCUT2D eigenvalue weighted by Crippen LogP contribution is 2.45. The van der Waals surface area contributed by atoms with Crippen molar-refractivity contribution < 1.29 is 75.8 Å². The predicted octanol–water partition coefficient (Wildman–Crippen LogP) is 19.6. The van der Waals surface area contributed by atoms with E-state index < -0.39 is 91.5 Å². The van der Waals surface area contributed by atoms with Gasteiger partial charge in [0.25, 0.3) is 0 Å². The second-order valence-electron chi connectivity index (χ2n) is 23.3. The van der Waals surface area contributed by atoms with Gasteiger partial charge in [0.15, 0.2) is 6.10 Å². The lowest BCUT2D eigenvalue weighted by Gasteiger charge is -2.21. The minimum absolute atomic E-state index is 0.0846. The lowest BCUT2D eigenvalue weighted by atomic mass is 10.1. The van der Waals surface area contributed by atoms with E-state index in [2.05, 4.69) is 130 Å². The van der Waals surface area contributed by atoms with Crippen molar-refractivity contribution in [1.29, 1.82) is 0 Å². The number of ether oxygens (including phenoxy) is 3. The highest BCUT2D eigenvalue weighted by atomic mass is 31.2. The van der Waals surface area contributed by atoms with Crippen LogP contribution in [0.2, 0.25) is 0 Å². The molecule has 4 N–H and O–H groups in total. The molecule has 0 radical (unpaired) electrons. The normalized spacial score (nSPS) is 14.8. The summed E-state index contributed by atoms with van der Waals surface area (Å²) in [6.45, 7) is 2.46. The van der Waals surface area contributed by atoms with Gasteiger partial charge in [-0.1, -0.05) is 239 Å². The van der Waals surface area contributed by atoms with Crippen LogP contribution in [-0.4, -0.2) is 95.9 Å². The van der Waals surface area contributed by atoms with E-state index in [4.69, 9.17) is 32.3 Å². The third-order valence-corrected chi connectivity index (χ3v) is 16.4. The molecule has 5 atom stereocenters. The quantitative estimate of drug-likeness (QED) is 0.0146. The van der Waals surface area contributed by atoms with Crippen LogP contribution >= 0.6 is 15.6 Å². The maximum absolute atomic E-state index is 12.9. The first kappa shape index (κ1) is 87.2. The van der Waals surface area contributed by atoms with Gasteiger partial charge in [-0.3, -0.25) is 32.5 Å². The van der Waals surface area contributed by atoms with E-state index in [1.165, 1.54) is 64.2 Å². The summed E-state index contributed by atoms with van der Waals surface area (Å²) < 4.78 is 60.9. The van der Waals surface area contributed by atoms with Crippen LogP contribution in [0.4, 0.5) is 0 Å². The van der Waals surface area contributed by atoms with Gasteiger partial charge in [0.05, 0.1) is 26.4 Å². The molecule has 0 fully saturated rings. The van der Waals surface area contributed by atoms with E-state index in [1.807, 2.05) is 0 Å². The average molecular weight is 1320 g/mol. The standard InChI is InChI=1S/C73H126O16P2/c1-4-7-10-13-16-19-22-25-28-29-30-31-32-33-34-35-36-37-40-42-44-47-50-53-56-59-71(76)83-62-68(74)63-85-90(79,80)86-64-69(75)65-87-91(81,82)88-67-70(89-73(78)61-58-55-52-49-46-43-39-27-24-21-18-15-12-9-6-3)66-84-72(77)60-57-54-51-48-45-41-38-26-23-20-17-14-11-8-5-2/h7,10,16-21,25-28,30-31,33-34,38-39,68-70,74-75H,4-6,8-9,11-15,22-24,29,32,35-37,40-67H2,1-3H3,(H,79,80)(H,81,82)/b10-7-,19-16-,20-17-,21-18-,28-25-,31-30-,34-33-,38-26-,39-27-. The molecule has 0 aliphatic rings. The van der Waals surface area contributed by atoms with Crippen LogP contribution in [0.3, 0.4) is 0 Å². The van der Waals surface area contributed by atoms with Crippen LogP contribution in [0, 0.1) is 0 Å². The summed E-state index contributed by atoms with van der Waals surface area (Å²) >= 11 is 0. The number of carbonyl (C=O) groups excluding carboxylic acids is 3. The summed E-state index contributed by atoms with van der Waals surface area (Å²) in [4.78, 5) is 58.4. The van der Waals surface area contributed by atoms with Gasteiger partial charge in [0.1, 0.15) is 25.4 Å². The van der Waals surface area contributed by atoms with Crippen molar-refractivity contribution in [2.24, 2.45) is 0 Å². The van der Waals surface area contributed by atoms with Crippen LogP contribution in [0.25, 0.3) is 0 Å². The lowest BCUT2D eigenvalue weighted by molar-refractivity contribution is -0.161. The highest BCUT2D eigenvalue weighted by molar-refractivity contribution is 7.47. The predicted molar refractivity (Wildman–Crippen MR) is 371 cm³/mol. The number of phosphoric ester groups is 2. The summed E-state index contributed by atoms with van der Waals surface area (Å²) in [7, 11) is -9.79. The Bertz CT molecular complexity index is 2100. The molecular weight excluding hydrogens is 1190 g/mol. The molecular formula is C73H126O16P2. The number of phosphoric acid groups is 2. The Kier molecular flexibility index (Phi) is 63.5. The summed E-state index contributed by atoms with van der Waals surface area (Å²) in [5, 5.41) is 20.6. The first-order valence-electron chi connectivity index (χ1n) is 35.2. The Morgan fingerprint density at radius 1 is 0.319 bits per heavy atom. The van der Waals surface area contributed by atoms with Gasteiger partial charge in [0.2, 0.25) is 0 Å². The van der Waals surface area contributed by atoms with Crippen molar-refractivity contribution in [2.75, 3.05) is 39.6 Å². The van der Waals surface area contributed by atoms with E-state index in [0.717, 1.165) is 154 Å². The molecule has 5 unspecified atom stereocenters. The molecule has 0 spiro atoms. The molecule has 0 rings (SSSR count). The summed E-state index contributed by atoms with van der Waals surface area (Å²) in [6.07, 6.45) is 74.2. The molecule has 0 aliphatic carbocycles. The molecule has 16 nitrogen and oxygen atoms in total. The van der Waals surface area contributed by atoms with Crippen LogP contribution in [-0.2, 0) is 55.8 Å². The number of unbranched alkanes of at least 4 members (excludes halogenated alkanes) is 25. The number of aliphatic hydroxyl groups is 2.